The molecule has 0 amide bonds. The second-order valence-electron chi connectivity index (χ2n) is 4.32. The molecule has 2 atom stereocenters. The van der Waals surface area contributed by atoms with Crippen LogP contribution >= 0.6 is 11.8 Å². The van der Waals surface area contributed by atoms with Gasteiger partial charge in [0.05, 0.1) is 11.5 Å². The minimum absolute atomic E-state index is 0.0869. The van der Waals surface area contributed by atoms with Crippen LogP contribution < -0.4 is 5.73 Å². The maximum Gasteiger partial charge on any atom is 0.150 e. The SMILES string of the molecule is NCC1(C2CCS(=O)(=O)C2)CCCS1. The Morgan fingerprint density at radius 1 is 1.50 bits per heavy atom. The van der Waals surface area contributed by atoms with Gasteiger partial charge >= 0.3 is 0 Å². The van der Waals surface area contributed by atoms with Crippen LogP contribution in [0.3, 0.4) is 0 Å². The molecule has 0 radical (unpaired) electrons. The van der Waals surface area contributed by atoms with Gasteiger partial charge < -0.3 is 5.73 Å². The van der Waals surface area contributed by atoms with Crippen LogP contribution in [0.1, 0.15) is 19.3 Å². The van der Waals surface area contributed by atoms with Crippen molar-refractivity contribution >= 4 is 21.6 Å². The fourth-order valence-corrected chi connectivity index (χ4v) is 6.13. The van der Waals surface area contributed by atoms with E-state index in [-0.39, 0.29) is 4.75 Å². The lowest BCUT2D eigenvalue weighted by Gasteiger charge is -2.32. The van der Waals surface area contributed by atoms with Crippen molar-refractivity contribution in [2.75, 3.05) is 23.8 Å². The van der Waals surface area contributed by atoms with E-state index in [1.165, 1.54) is 6.42 Å². The van der Waals surface area contributed by atoms with E-state index >= 15 is 0 Å². The monoisotopic (exact) mass is 235 g/mol. The van der Waals surface area contributed by atoms with Gasteiger partial charge in [-0.3, -0.25) is 0 Å². The zero-order chi connectivity index (χ0) is 10.2. The summed E-state index contributed by atoms with van der Waals surface area (Å²) in [6, 6.07) is 0. The van der Waals surface area contributed by atoms with Crippen molar-refractivity contribution in [1.29, 1.82) is 0 Å². The van der Waals surface area contributed by atoms with Gasteiger partial charge in [-0.1, -0.05) is 0 Å². The van der Waals surface area contributed by atoms with Crippen molar-refractivity contribution in [3.8, 4) is 0 Å². The molecule has 0 aliphatic carbocycles. The molecule has 2 saturated heterocycles. The van der Waals surface area contributed by atoms with Crippen molar-refractivity contribution < 1.29 is 8.42 Å². The highest BCUT2D eigenvalue weighted by Gasteiger charge is 2.45. The molecular weight excluding hydrogens is 218 g/mol. The number of hydrogen-bond donors (Lipinski definition) is 1. The van der Waals surface area contributed by atoms with E-state index < -0.39 is 9.84 Å². The molecule has 2 aliphatic heterocycles. The molecule has 5 heteroatoms. The standard InChI is InChI=1S/C9H17NO2S2/c10-7-9(3-1-4-13-9)8-2-5-14(11,12)6-8/h8H,1-7,10H2. The van der Waals surface area contributed by atoms with E-state index in [4.69, 9.17) is 5.73 Å². The molecule has 2 fully saturated rings. The number of nitrogens with two attached hydrogens (primary N) is 1. The Kier molecular flexibility index (Phi) is 2.83. The fourth-order valence-electron chi connectivity index (χ4n) is 2.58. The molecule has 0 saturated carbocycles. The van der Waals surface area contributed by atoms with Gasteiger partial charge in [0.1, 0.15) is 0 Å². The zero-order valence-electron chi connectivity index (χ0n) is 8.24. The fraction of sp³-hybridized carbons (Fsp3) is 1.00. The highest BCUT2D eigenvalue weighted by atomic mass is 32.2. The van der Waals surface area contributed by atoms with Crippen LogP contribution in [0.2, 0.25) is 0 Å². The lowest BCUT2D eigenvalue weighted by atomic mass is 9.87. The van der Waals surface area contributed by atoms with Crippen LogP contribution in [-0.4, -0.2) is 37.0 Å². The van der Waals surface area contributed by atoms with E-state index in [1.807, 2.05) is 11.8 Å². The van der Waals surface area contributed by atoms with Gasteiger partial charge in [-0.15, -0.1) is 0 Å². The largest absolute Gasteiger partial charge is 0.329 e. The number of sulfone groups is 1. The molecule has 2 heterocycles. The quantitative estimate of drug-likeness (QED) is 0.763. The van der Waals surface area contributed by atoms with Gasteiger partial charge in [0.15, 0.2) is 9.84 Å². The highest BCUT2D eigenvalue weighted by molar-refractivity contribution is 8.01. The summed E-state index contributed by atoms with van der Waals surface area (Å²) >= 11 is 1.90. The maximum atomic E-state index is 11.4. The van der Waals surface area contributed by atoms with E-state index in [9.17, 15) is 8.42 Å². The lowest BCUT2D eigenvalue weighted by molar-refractivity contribution is 0.406. The number of hydrogen-bond acceptors (Lipinski definition) is 4. The summed E-state index contributed by atoms with van der Waals surface area (Å²) in [5.74, 6) is 2.20. The molecule has 2 N–H and O–H groups in total. The Morgan fingerprint density at radius 3 is 2.71 bits per heavy atom. The van der Waals surface area contributed by atoms with E-state index in [0.29, 0.717) is 24.0 Å². The predicted molar refractivity (Wildman–Crippen MR) is 60.2 cm³/mol. The Bertz CT molecular complexity index is 307. The minimum atomic E-state index is -2.75. The average molecular weight is 235 g/mol. The Balaban J connectivity index is 2.14. The molecule has 0 spiro atoms. The molecule has 14 heavy (non-hydrogen) atoms. The van der Waals surface area contributed by atoms with Crippen LogP contribution in [0.25, 0.3) is 0 Å². The van der Waals surface area contributed by atoms with Crippen LogP contribution in [0.4, 0.5) is 0 Å². The zero-order valence-corrected chi connectivity index (χ0v) is 9.87. The summed E-state index contributed by atoms with van der Waals surface area (Å²) in [5.41, 5.74) is 5.82. The molecule has 0 aromatic rings. The smallest absolute Gasteiger partial charge is 0.150 e. The topological polar surface area (TPSA) is 60.2 Å². The third kappa shape index (κ3) is 1.82. The van der Waals surface area contributed by atoms with Crippen LogP contribution in [0, 0.1) is 5.92 Å². The third-order valence-corrected chi connectivity index (χ3v) is 7.00. The van der Waals surface area contributed by atoms with Gasteiger partial charge in [-0.05, 0) is 30.9 Å². The molecule has 2 aliphatic rings. The van der Waals surface area contributed by atoms with Gasteiger partial charge in [0.2, 0.25) is 0 Å². The third-order valence-electron chi connectivity index (χ3n) is 3.46. The predicted octanol–water partition coefficient (Wildman–Crippen LogP) is 0.646. The summed E-state index contributed by atoms with van der Waals surface area (Å²) < 4.78 is 22.9. The Labute approximate surface area is 89.7 Å². The van der Waals surface area contributed by atoms with Crippen molar-refractivity contribution in [3.63, 3.8) is 0 Å². The van der Waals surface area contributed by atoms with Crippen molar-refractivity contribution in [2.24, 2.45) is 11.7 Å². The van der Waals surface area contributed by atoms with E-state index in [2.05, 4.69) is 0 Å². The van der Waals surface area contributed by atoms with E-state index in [1.54, 1.807) is 0 Å². The normalized spacial score (nSPS) is 41.6. The van der Waals surface area contributed by atoms with Crippen LogP contribution in [0.5, 0.6) is 0 Å². The average Bonchev–Trinajstić information content (AvgIpc) is 2.72. The molecule has 3 nitrogen and oxygen atoms in total. The second-order valence-corrected chi connectivity index (χ2v) is 8.06. The summed E-state index contributed by atoms with van der Waals surface area (Å²) in [4.78, 5) is 0. The van der Waals surface area contributed by atoms with Crippen LogP contribution in [0.15, 0.2) is 0 Å². The first-order chi connectivity index (χ1) is 6.58. The highest BCUT2D eigenvalue weighted by Crippen LogP contribution is 2.46. The molecule has 82 valence electrons. The molecule has 0 aromatic carbocycles. The maximum absolute atomic E-state index is 11.4. The first kappa shape index (κ1) is 10.8. The molecule has 0 bridgehead atoms. The van der Waals surface area contributed by atoms with Crippen molar-refractivity contribution in [2.45, 2.75) is 24.0 Å². The van der Waals surface area contributed by atoms with Gasteiger partial charge in [0.25, 0.3) is 0 Å². The van der Waals surface area contributed by atoms with Gasteiger partial charge in [-0.2, -0.15) is 11.8 Å². The molecule has 2 rings (SSSR count). The second kappa shape index (κ2) is 3.68. The summed E-state index contributed by atoms with van der Waals surface area (Å²) in [5, 5.41) is 0. The summed E-state index contributed by atoms with van der Waals surface area (Å²) in [6.07, 6.45) is 3.12. The minimum Gasteiger partial charge on any atom is -0.329 e. The molecular formula is C9H17NO2S2. The summed E-state index contributed by atoms with van der Waals surface area (Å²) in [7, 11) is -2.75. The first-order valence-electron chi connectivity index (χ1n) is 5.12. The Hall–Kier alpha value is 0.260. The first-order valence-corrected chi connectivity index (χ1v) is 7.93. The molecule has 0 aromatic heterocycles. The van der Waals surface area contributed by atoms with Crippen LogP contribution in [-0.2, 0) is 9.84 Å². The lowest BCUT2D eigenvalue weighted by Crippen LogP contribution is -2.40. The summed E-state index contributed by atoms with van der Waals surface area (Å²) in [6.45, 7) is 0.637. The number of thioether (sulfide) groups is 1. The molecule has 2 unspecified atom stereocenters. The number of rotatable bonds is 2. The van der Waals surface area contributed by atoms with E-state index in [0.717, 1.165) is 18.6 Å². The van der Waals surface area contributed by atoms with Gasteiger partial charge in [-0.25, -0.2) is 8.42 Å². The van der Waals surface area contributed by atoms with Gasteiger partial charge in [0, 0.05) is 11.3 Å². The Morgan fingerprint density at radius 2 is 2.29 bits per heavy atom. The van der Waals surface area contributed by atoms with Crippen molar-refractivity contribution in [1.82, 2.24) is 0 Å². The van der Waals surface area contributed by atoms with Crippen molar-refractivity contribution in [3.05, 3.63) is 0 Å².